The van der Waals surface area contributed by atoms with E-state index >= 15 is 0 Å². The summed E-state index contributed by atoms with van der Waals surface area (Å²) in [5.41, 5.74) is 1.19. The Kier molecular flexibility index (Phi) is 12.8. The molecule has 2 rings (SSSR count). The Balaban J connectivity index is 1.88. The summed E-state index contributed by atoms with van der Waals surface area (Å²) in [5, 5.41) is 4.36. The number of morpholine rings is 1. The highest BCUT2D eigenvalue weighted by Crippen LogP contribution is 2.20. The van der Waals surface area contributed by atoms with Crippen molar-refractivity contribution in [3.05, 3.63) is 29.8 Å². The predicted molar refractivity (Wildman–Crippen MR) is 129 cm³/mol. The highest BCUT2D eigenvalue weighted by molar-refractivity contribution is 7.80. The molecule has 1 heterocycles. The minimum atomic E-state index is 0.675. The van der Waals surface area contributed by atoms with Crippen molar-refractivity contribution >= 4 is 17.3 Å². The number of ether oxygens (including phenoxy) is 2. The van der Waals surface area contributed by atoms with Gasteiger partial charge in [-0.1, -0.05) is 50.8 Å². The quantitative estimate of drug-likeness (QED) is 0.344. The second kappa shape index (κ2) is 15.4. The Morgan fingerprint density at radius 1 is 1.10 bits per heavy atom. The van der Waals surface area contributed by atoms with E-state index in [4.69, 9.17) is 21.7 Å². The predicted octanol–water partition coefficient (Wildman–Crippen LogP) is 4.45. The Labute approximate surface area is 189 Å². The van der Waals surface area contributed by atoms with E-state index in [-0.39, 0.29) is 0 Å². The zero-order chi connectivity index (χ0) is 21.4. The molecule has 1 aromatic rings. The van der Waals surface area contributed by atoms with Gasteiger partial charge in [-0.05, 0) is 38.0 Å². The van der Waals surface area contributed by atoms with Crippen LogP contribution in [0.2, 0.25) is 0 Å². The van der Waals surface area contributed by atoms with Crippen molar-refractivity contribution in [2.75, 3.05) is 52.5 Å². The maximum Gasteiger partial charge on any atom is 0.169 e. The van der Waals surface area contributed by atoms with Crippen molar-refractivity contribution in [1.29, 1.82) is 0 Å². The van der Waals surface area contributed by atoms with Crippen molar-refractivity contribution < 1.29 is 9.47 Å². The molecule has 30 heavy (non-hydrogen) atoms. The molecule has 1 aromatic carbocycles. The molecule has 0 radical (unpaired) electrons. The van der Waals surface area contributed by atoms with E-state index in [9.17, 15) is 0 Å². The van der Waals surface area contributed by atoms with E-state index in [0.717, 1.165) is 69.8 Å². The highest BCUT2D eigenvalue weighted by Gasteiger charge is 2.15. The fourth-order valence-corrected chi connectivity index (χ4v) is 3.99. The number of para-hydroxylation sites is 1. The minimum absolute atomic E-state index is 0.675. The highest BCUT2D eigenvalue weighted by atomic mass is 32.1. The lowest BCUT2D eigenvalue weighted by molar-refractivity contribution is 0.0367. The van der Waals surface area contributed by atoms with Crippen LogP contribution in [0.5, 0.6) is 5.75 Å². The Hall–Kier alpha value is -1.37. The zero-order valence-electron chi connectivity index (χ0n) is 19.0. The van der Waals surface area contributed by atoms with Gasteiger partial charge in [0.05, 0.1) is 19.8 Å². The molecule has 170 valence electrons. The summed E-state index contributed by atoms with van der Waals surface area (Å²) in [7, 11) is 0. The fraction of sp³-hybridized carbons (Fsp3) is 0.708. The van der Waals surface area contributed by atoms with Gasteiger partial charge in [0, 0.05) is 44.8 Å². The summed E-state index contributed by atoms with van der Waals surface area (Å²) in [5.74, 6) is 0.959. The van der Waals surface area contributed by atoms with Gasteiger partial charge in [-0.3, -0.25) is 4.90 Å². The summed E-state index contributed by atoms with van der Waals surface area (Å²) < 4.78 is 11.3. The van der Waals surface area contributed by atoms with E-state index in [1.807, 2.05) is 13.0 Å². The number of rotatable bonds is 14. The van der Waals surface area contributed by atoms with Gasteiger partial charge >= 0.3 is 0 Å². The van der Waals surface area contributed by atoms with Crippen LogP contribution in [0, 0.1) is 0 Å². The lowest BCUT2D eigenvalue weighted by Crippen LogP contribution is -2.42. The molecule has 0 aromatic heterocycles. The van der Waals surface area contributed by atoms with Crippen molar-refractivity contribution in [2.24, 2.45) is 0 Å². The maximum absolute atomic E-state index is 5.84. The maximum atomic E-state index is 5.84. The molecular formula is C24H41N3O2S. The van der Waals surface area contributed by atoms with Crippen LogP contribution in [0.15, 0.2) is 24.3 Å². The largest absolute Gasteiger partial charge is 0.494 e. The summed E-state index contributed by atoms with van der Waals surface area (Å²) in [6.07, 6.45) is 7.46. The summed E-state index contributed by atoms with van der Waals surface area (Å²) >= 11 is 5.79. The monoisotopic (exact) mass is 435 g/mol. The second-order valence-corrected chi connectivity index (χ2v) is 8.30. The van der Waals surface area contributed by atoms with E-state index in [1.54, 1.807) is 0 Å². The summed E-state index contributed by atoms with van der Waals surface area (Å²) in [4.78, 5) is 4.79. The number of hydrogen-bond donors (Lipinski definition) is 1. The first-order valence-corrected chi connectivity index (χ1v) is 12.2. The van der Waals surface area contributed by atoms with Crippen molar-refractivity contribution in [1.82, 2.24) is 15.1 Å². The number of unbranched alkanes of at least 4 members (excludes halogenated alkanes) is 4. The molecule has 0 unspecified atom stereocenters. The second-order valence-electron chi connectivity index (χ2n) is 7.92. The number of nitrogens with one attached hydrogen (secondary N) is 1. The topological polar surface area (TPSA) is 37.0 Å². The van der Waals surface area contributed by atoms with Gasteiger partial charge in [0.1, 0.15) is 5.75 Å². The number of benzene rings is 1. The van der Waals surface area contributed by atoms with Crippen LogP contribution in [-0.2, 0) is 11.3 Å². The molecule has 1 aliphatic rings. The number of hydrogen-bond acceptors (Lipinski definition) is 4. The van der Waals surface area contributed by atoms with Gasteiger partial charge in [-0.15, -0.1) is 0 Å². The van der Waals surface area contributed by atoms with Crippen molar-refractivity contribution in [3.8, 4) is 5.75 Å². The Morgan fingerprint density at radius 3 is 2.63 bits per heavy atom. The lowest BCUT2D eigenvalue weighted by atomic mass is 10.1. The molecule has 1 aliphatic heterocycles. The summed E-state index contributed by atoms with van der Waals surface area (Å²) in [6.45, 7) is 12.5. The smallest absolute Gasteiger partial charge is 0.169 e. The third-order valence-electron chi connectivity index (χ3n) is 5.48. The van der Waals surface area contributed by atoms with Gasteiger partial charge in [-0.25, -0.2) is 0 Å². The molecule has 5 nitrogen and oxygen atoms in total. The van der Waals surface area contributed by atoms with E-state index in [2.05, 4.69) is 40.2 Å². The number of thiocarbonyl (C=S) groups is 1. The van der Waals surface area contributed by atoms with Crippen LogP contribution in [0.25, 0.3) is 0 Å². The molecule has 0 spiro atoms. The molecule has 0 amide bonds. The normalized spacial score (nSPS) is 14.5. The van der Waals surface area contributed by atoms with E-state index in [1.165, 1.54) is 37.7 Å². The summed E-state index contributed by atoms with van der Waals surface area (Å²) in [6, 6.07) is 8.31. The molecule has 0 aliphatic carbocycles. The van der Waals surface area contributed by atoms with E-state index in [0.29, 0.717) is 6.61 Å². The van der Waals surface area contributed by atoms with Gasteiger partial charge < -0.3 is 19.7 Å². The first kappa shape index (κ1) is 24.9. The van der Waals surface area contributed by atoms with Crippen molar-refractivity contribution in [3.63, 3.8) is 0 Å². The Morgan fingerprint density at radius 2 is 1.87 bits per heavy atom. The molecule has 0 saturated carbocycles. The first-order valence-electron chi connectivity index (χ1n) is 11.8. The van der Waals surface area contributed by atoms with Gasteiger partial charge in [0.25, 0.3) is 0 Å². The number of nitrogens with zero attached hydrogens (tertiary/aromatic N) is 2. The Bertz CT molecular complexity index is 594. The molecule has 1 fully saturated rings. The van der Waals surface area contributed by atoms with Gasteiger partial charge in [0.15, 0.2) is 5.11 Å². The molecule has 1 saturated heterocycles. The first-order chi connectivity index (χ1) is 14.7. The molecule has 1 N–H and O–H groups in total. The van der Waals surface area contributed by atoms with Crippen LogP contribution in [-0.4, -0.2) is 67.5 Å². The standard InChI is InChI=1S/C24H41N3O2S/c1-3-5-6-7-10-14-25-24(30)27(16-11-15-26-17-19-28-20-18-26)21-22-12-8-9-13-23(22)29-4-2/h8-9,12-13H,3-7,10-11,14-21H2,1-2H3,(H,25,30). The van der Waals surface area contributed by atoms with Crippen LogP contribution in [0.1, 0.15) is 57.9 Å². The van der Waals surface area contributed by atoms with Crippen LogP contribution < -0.4 is 10.1 Å². The van der Waals surface area contributed by atoms with Crippen molar-refractivity contribution in [2.45, 2.75) is 58.9 Å². The molecule has 0 atom stereocenters. The third-order valence-corrected chi connectivity index (χ3v) is 5.89. The van der Waals surface area contributed by atoms with Gasteiger partial charge in [0.2, 0.25) is 0 Å². The molecule has 6 heteroatoms. The van der Waals surface area contributed by atoms with Crippen LogP contribution in [0.4, 0.5) is 0 Å². The minimum Gasteiger partial charge on any atom is -0.494 e. The van der Waals surface area contributed by atoms with Gasteiger partial charge in [-0.2, -0.15) is 0 Å². The van der Waals surface area contributed by atoms with Crippen LogP contribution in [0.3, 0.4) is 0 Å². The average Bonchev–Trinajstić information content (AvgIpc) is 2.77. The molecular weight excluding hydrogens is 394 g/mol. The SMILES string of the molecule is CCCCCCCNC(=S)N(CCCN1CCOCC1)Cc1ccccc1OCC. The lowest BCUT2D eigenvalue weighted by Gasteiger charge is -2.30. The third kappa shape index (κ3) is 9.63. The zero-order valence-corrected chi connectivity index (χ0v) is 19.9. The fourth-order valence-electron chi connectivity index (χ4n) is 3.73. The average molecular weight is 436 g/mol. The molecule has 0 bridgehead atoms. The van der Waals surface area contributed by atoms with Crippen LogP contribution >= 0.6 is 12.2 Å². The van der Waals surface area contributed by atoms with E-state index < -0.39 is 0 Å².